The van der Waals surface area contributed by atoms with E-state index in [1.165, 1.54) is 29.9 Å². The van der Waals surface area contributed by atoms with Gasteiger partial charge in [0.15, 0.2) is 0 Å². The Morgan fingerprint density at radius 1 is 1.03 bits per heavy atom. The first-order chi connectivity index (χ1) is 15.1. The van der Waals surface area contributed by atoms with Gasteiger partial charge in [-0.1, -0.05) is 12.8 Å². The molecule has 2 fully saturated rings. The molecule has 1 saturated carbocycles. The summed E-state index contributed by atoms with van der Waals surface area (Å²) < 4.78 is 2.24. The third-order valence-electron chi connectivity index (χ3n) is 6.81. The summed E-state index contributed by atoms with van der Waals surface area (Å²) in [4.78, 5) is 23.4. The second-order valence-corrected chi connectivity index (χ2v) is 10.0. The molecule has 164 valence electrons. The standard InChI is InChI=1S/C24H30N4O2S/c1-26-11-4-12-27(14-13-26)18-7-9-19(10-8-18)28-16-25-20-15-21(31-23(20)24(28)30)22(29)17-5-2-3-6-17/h7-10,15-17,22,29H,2-6,11-14H2,1H3. The highest BCUT2D eigenvalue weighted by Crippen LogP contribution is 2.39. The van der Waals surface area contributed by atoms with E-state index in [1.54, 1.807) is 10.9 Å². The largest absolute Gasteiger partial charge is 0.387 e. The zero-order valence-electron chi connectivity index (χ0n) is 18.0. The van der Waals surface area contributed by atoms with Gasteiger partial charge in [0.2, 0.25) is 0 Å². The van der Waals surface area contributed by atoms with Crippen molar-refractivity contribution in [3.8, 4) is 5.69 Å². The Balaban J connectivity index is 1.41. The Morgan fingerprint density at radius 2 is 1.77 bits per heavy atom. The van der Waals surface area contributed by atoms with E-state index in [1.807, 2.05) is 18.2 Å². The van der Waals surface area contributed by atoms with Gasteiger partial charge in [0.25, 0.3) is 5.56 Å². The highest BCUT2D eigenvalue weighted by molar-refractivity contribution is 7.19. The van der Waals surface area contributed by atoms with Gasteiger partial charge in [0.05, 0.1) is 17.3 Å². The summed E-state index contributed by atoms with van der Waals surface area (Å²) in [6.07, 6.45) is 6.77. The molecule has 0 spiro atoms. The normalized spacial score (nSPS) is 19.7. The van der Waals surface area contributed by atoms with Crippen molar-refractivity contribution in [3.05, 3.63) is 51.9 Å². The van der Waals surface area contributed by atoms with E-state index in [-0.39, 0.29) is 5.56 Å². The first-order valence-electron chi connectivity index (χ1n) is 11.3. The first-order valence-corrected chi connectivity index (χ1v) is 12.1. The van der Waals surface area contributed by atoms with Crippen LogP contribution in [-0.2, 0) is 0 Å². The average molecular weight is 439 g/mol. The molecule has 1 aromatic carbocycles. The molecule has 3 aromatic rings. The lowest BCUT2D eigenvalue weighted by molar-refractivity contribution is 0.115. The van der Waals surface area contributed by atoms with Gasteiger partial charge >= 0.3 is 0 Å². The highest BCUT2D eigenvalue weighted by atomic mass is 32.1. The zero-order valence-corrected chi connectivity index (χ0v) is 18.9. The Morgan fingerprint density at radius 3 is 2.55 bits per heavy atom. The van der Waals surface area contributed by atoms with Crippen molar-refractivity contribution >= 4 is 27.2 Å². The highest BCUT2D eigenvalue weighted by Gasteiger charge is 2.26. The topological polar surface area (TPSA) is 61.6 Å². The molecule has 0 amide bonds. The predicted molar refractivity (Wildman–Crippen MR) is 126 cm³/mol. The molecule has 2 aromatic heterocycles. The number of nitrogens with zero attached hydrogens (tertiary/aromatic N) is 4. The number of fused-ring (bicyclic) bond motifs is 1. The van der Waals surface area contributed by atoms with E-state index in [0.717, 1.165) is 56.0 Å². The Labute approximate surface area is 186 Å². The molecule has 0 bridgehead atoms. The first kappa shape index (κ1) is 20.7. The fourth-order valence-corrected chi connectivity index (χ4v) is 6.02. The Bertz CT molecular complexity index is 1100. The summed E-state index contributed by atoms with van der Waals surface area (Å²) in [5.74, 6) is 0.307. The maximum Gasteiger partial charge on any atom is 0.275 e. The molecule has 5 rings (SSSR count). The monoisotopic (exact) mass is 438 g/mol. The second-order valence-electron chi connectivity index (χ2n) is 8.93. The maximum absolute atomic E-state index is 13.2. The minimum absolute atomic E-state index is 0.0657. The van der Waals surface area contributed by atoms with Crippen LogP contribution in [0.25, 0.3) is 15.9 Å². The molecule has 1 saturated heterocycles. The molecule has 1 aliphatic heterocycles. The minimum Gasteiger partial charge on any atom is -0.387 e. The van der Waals surface area contributed by atoms with E-state index in [2.05, 4.69) is 34.0 Å². The molecule has 1 atom stereocenters. The van der Waals surface area contributed by atoms with Crippen LogP contribution in [0.3, 0.4) is 0 Å². The maximum atomic E-state index is 13.2. The summed E-state index contributed by atoms with van der Waals surface area (Å²) in [6.45, 7) is 4.27. The lowest BCUT2D eigenvalue weighted by atomic mass is 10.00. The number of rotatable bonds is 4. The molecule has 3 heterocycles. The van der Waals surface area contributed by atoms with Crippen LogP contribution < -0.4 is 10.5 Å². The van der Waals surface area contributed by atoms with Crippen molar-refractivity contribution in [2.24, 2.45) is 5.92 Å². The summed E-state index contributed by atoms with van der Waals surface area (Å²) in [5, 5.41) is 10.8. The number of benzene rings is 1. The van der Waals surface area contributed by atoms with Crippen molar-refractivity contribution < 1.29 is 5.11 Å². The van der Waals surface area contributed by atoms with Gasteiger partial charge < -0.3 is 14.9 Å². The molecule has 6 nitrogen and oxygen atoms in total. The van der Waals surface area contributed by atoms with Crippen LogP contribution in [0.2, 0.25) is 0 Å². The average Bonchev–Trinajstić information content (AvgIpc) is 3.42. The fourth-order valence-electron chi connectivity index (χ4n) is 4.89. The smallest absolute Gasteiger partial charge is 0.275 e. The van der Waals surface area contributed by atoms with Crippen molar-refractivity contribution in [1.82, 2.24) is 14.5 Å². The molecule has 1 unspecified atom stereocenters. The number of aliphatic hydroxyl groups is 1. The van der Waals surface area contributed by atoms with Gasteiger partial charge in [-0.25, -0.2) is 4.98 Å². The third kappa shape index (κ3) is 4.14. The quantitative estimate of drug-likeness (QED) is 0.671. The number of aliphatic hydroxyl groups excluding tert-OH is 1. The van der Waals surface area contributed by atoms with Crippen molar-refractivity contribution in [3.63, 3.8) is 0 Å². The van der Waals surface area contributed by atoms with Crippen molar-refractivity contribution in [2.75, 3.05) is 38.1 Å². The van der Waals surface area contributed by atoms with Crippen molar-refractivity contribution in [2.45, 2.75) is 38.2 Å². The summed E-state index contributed by atoms with van der Waals surface area (Å²) in [5.41, 5.74) is 2.63. The lowest BCUT2D eigenvalue weighted by Crippen LogP contribution is -2.28. The van der Waals surface area contributed by atoms with Crippen LogP contribution in [-0.4, -0.2) is 52.8 Å². The SMILES string of the molecule is CN1CCCN(c2ccc(-n3cnc4cc(C(O)C5CCCC5)sc4c3=O)cc2)CC1. The second kappa shape index (κ2) is 8.73. The molecule has 1 aliphatic carbocycles. The molecule has 7 heteroatoms. The van der Waals surface area contributed by atoms with E-state index >= 15 is 0 Å². The molecular weight excluding hydrogens is 408 g/mol. The van der Waals surface area contributed by atoms with E-state index < -0.39 is 6.10 Å². The van der Waals surface area contributed by atoms with Gasteiger partial charge in [-0.05, 0) is 69.1 Å². The molecule has 0 radical (unpaired) electrons. The summed E-state index contributed by atoms with van der Waals surface area (Å²) in [6, 6.07) is 10.1. The third-order valence-corrected chi connectivity index (χ3v) is 7.99. The predicted octanol–water partition coefficient (Wildman–Crippen LogP) is 3.81. The van der Waals surface area contributed by atoms with E-state index in [9.17, 15) is 9.90 Å². The van der Waals surface area contributed by atoms with Crippen LogP contribution in [0.1, 0.15) is 43.1 Å². The zero-order chi connectivity index (χ0) is 21.4. The molecule has 2 aliphatic rings. The van der Waals surface area contributed by atoms with Crippen LogP contribution in [0.5, 0.6) is 0 Å². The molecule has 1 N–H and O–H groups in total. The number of thiophene rings is 1. The summed E-state index contributed by atoms with van der Waals surface area (Å²) in [7, 11) is 2.17. The van der Waals surface area contributed by atoms with E-state index in [4.69, 9.17) is 0 Å². The fraction of sp³-hybridized carbons (Fsp3) is 0.500. The van der Waals surface area contributed by atoms with Gasteiger partial charge in [-0.3, -0.25) is 9.36 Å². The number of anilines is 1. The van der Waals surface area contributed by atoms with Crippen LogP contribution >= 0.6 is 11.3 Å². The summed E-state index contributed by atoms with van der Waals surface area (Å²) >= 11 is 1.40. The Hall–Kier alpha value is -2.22. The number of hydrogen-bond acceptors (Lipinski definition) is 6. The van der Waals surface area contributed by atoms with Gasteiger partial charge in [0.1, 0.15) is 11.0 Å². The Kier molecular flexibility index (Phi) is 5.82. The number of aromatic nitrogens is 2. The number of hydrogen-bond donors (Lipinski definition) is 1. The van der Waals surface area contributed by atoms with Gasteiger partial charge in [0, 0.05) is 30.2 Å². The van der Waals surface area contributed by atoms with Crippen molar-refractivity contribution in [1.29, 1.82) is 0 Å². The number of likely N-dealkylation sites (N-methyl/N-ethyl adjacent to an activating group) is 1. The van der Waals surface area contributed by atoms with Crippen LogP contribution in [0, 0.1) is 5.92 Å². The molecular formula is C24H30N4O2S. The van der Waals surface area contributed by atoms with Crippen LogP contribution in [0.15, 0.2) is 41.5 Å². The minimum atomic E-state index is -0.485. The molecule has 31 heavy (non-hydrogen) atoms. The lowest BCUT2D eigenvalue weighted by Gasteiger charge is -2.23. The van der Waals surface area contributed by atoms with Gasteiger partial charge in [-0.15, -0.1) is 11.3 Å². The van der Waals surface area contributed by atoms with Crippen LogP contribution in [0.4, 0.5) is 5.69 Å². The van der Waals surface area contributed by atoms with Gasteiger partial charge in [-0.2, -0.15) is 0 Å². The van der Waals surface area contributed by atoms with E-state index in [0.29, 0.717) is 16.1 Å².